The van der Waals surface area contributed by atoms with Gasteiger partial charge in [0, 0.05) is 52.0 Å². The number of para-hydroxylation sites is 1. The van der Waals surface area contributed by atoms with E-state index in [-0.39, 0.29) is 17.4 Å². The second-order valence-electron chi connectivity index (χ2n) is 8.81. The lowest BCUT2D eigenvalue weighted by atomic mass is 10.1. The number of rotatable bonds is 5. The van der Waals surface area contributed by atoms with Crippen molar-refractivity contribution in [3.8, 4) is 16.9 Å². The average Bonchev–Trinajstić information content (AvgIpc) is 3.23. The zero-order valence-corrected chi connectivity index (χ0v) is 19.6. The summed E-state index contributed by atoms with van der Waals surface area (Å²) in [7, 11) is 1.79. The van der Waals surface area contributed by atoms with Gasteiger partial charge in [-0.25, -0.2) is 0 Å². The number of nitrogens with zero attached hydrogens (tertiary/aromatic N) is 5. The van der Waals surface area contributed by atoms with Crippen molar-refractivity contribution >= 4 is 11.8 Å². The number of aromatic nitrogens is 3. The number of pyridine rings is 1. The predicted molar refractivity (Wildman–Crippen MR) is 133 cm³/mol. The lowest BCUT2D eigenvalue weighted by molar-refractivity contribution is -0.132. The van der Waals surface area contributed by atoms with Crippen molar-refractivity contribution in [1.82, 2.24) is 24.1 Å². The van der Waals surface area contributed by atoms with Crippen LogP contribution in [0.15, 0.2) is 77.9 Å². The molecule has 35 heavy (non-hydrogen) atoms. The van der Waals surface area contributed by atoms with Crippen LogP contribution in [0.5, 0.6) is 0 Å². The fraction of sp³-hybridized carbons (Fsp3) is 0.259. The van der Waals surface area contributed by atoms with Crippen molar-refractivity contribution in [2.24, 2.45) is 7.05 Å². The largest absolute Gasteiger partial charge is 0.356 e. The number of amides is 2. The molecule has 5 rings (SSSR count). The molecule has 1 fully saturated rings. The van der Waals surface area contributed by atoms with Crippen molar-refractivity contribution in [2.75, 3.05) is 26.2 Å². The Morgan fingerprint density at radius 3 is 2.17 bits per heavy atom. The second kappa shape index (κ2) is 9.58. The van der Waals surface area contributed by atoms with E-state index in [2.05, 4.69) is 5.10 Å². The van der Waals surface area contributed by atoms with Gasteiger partial charge >= 0.3 is 0 Å². The fourth-order valence-corrected chi connectivity index (χ4v) is 4.52. The van der Waals surface area contributed by atoms with Crippen molar-refractivity contribution in [3.05, 3.63) is 94.5 Å². The highest BCUT2D eigenvalue weighted by molar-refractivity contribution is 6.00. The number of aryl methyl sites for hydroxylation is 2. The Balaban J connectivity index is 1.30. The molecule has 0 aromatic heterocycles. The molecule has 3 heterocycles. The molecule has 0 aliphatic carbocycles. The van der Waals surface area contributed by atoms with Crippen LogP contribution in [0.2, 0.25) is 0 Å². The Kier molecular flexibility index (Phi) is 6.18. The van der Waals surface area contributed by atoms with E-state index in [9.17, 15) is 14.4 Å². The second-order valence-corrected chi connectivity index (χ2v) is 8.81. The van der Waals surface area contributed by atoms with Gasteiger partial charge in [-0.1, -0.05) is 48.5 Å². The van der Waals surface area contributed by atoms with Gasteiger partial charge in [-0.05, 0) is 24.1 Å². The van der Waals surface area contributed by atoms with Gasteiger partial charge < -0.3 is 14.4 Å². The van der Waals surface area contributed by atoms with E-state index >= 15 is 0 Å². The molecule has 178 valence electrons. The zero-order valence-electron chi connectivity index (χ0n) is 19.6. The Morgan fingerprint density at radius 1 is 0.857 bits per heavy atom. The Bertz CT molecular complexity index is 1370. The highest BCUT2D eigenvalue weighted by atomic mass is 16.2. The number of hydrogen-bond acceptors (Lipinski definition) is 4. The first-order valence-electron chi connectivity index (χ1n) is 11.8. The number of fused-ring (bicyclic) bond motifs is 1. The smallest absolute Gasteiger partial charge is 0.282 e. The van der Waals surface area contributed by atoms with Crippen molar-refractivity contribution < 1.29 is 9.59 Å². The molecule has 1 saturated heterocycles. The molecule has 2 amide bonds. The number of hydrogen-bond donors (Lipinski definition) is 0. The molecular formula is C27H27N5O3. The van der Waals surface area contributed by atoms with Crippen LogP contribution in [0.1, 0.15) is 22.3 Å². The van der Waals surface area contributed by atoms with E-state index in [1.54, 1.807) is 28.9 Å². The minimum atomic E-state index is -0.259. The monoisotopic (exact) mass is 469 g/mol. The van der Waals surface area contributed by atoms with E-state index in [0.29, 0.717) is 61.5 Å². The van der Waals surface area contributed by atoms with E-state index < -0.39 is 0 Å². The molecule has 8 nitrogen and oxygen atoms in total. The molecule has 8 heteroatoms. The molecule has 0 radical (unpaired) electrons. The van der Waals surface area contributed by atoms with Crippen molar-refractivity contribution in [1.29, 1.82) is 0 Å². The standard InChI is InChI=1S/C27H27N5O3/c1-29-18-22(25-23(19-29)27(35)32(28-25)21-10-6-3-7-11-21)26(34)31-16-14-30(15-17-31)24(33)13-12-20-8-4-2-5-9-20/h2-11,18-19H,12-17H2,1H3. The minimum absolute atomic E-state index is 0.104. The molecule has 2 aromatic rings. The lowest BCUT2D eigenvalue weighted by Crippen LogP contribution is -2.50. The van der Waals surface area contributed by atoms with Crippen LogP contribution in [-0.2, 0) is 18.3 Å². The normalized spacial score (nSPS) is 13.9. The first kappa shape index (κ1) is 22.6. The maximum atomic E-state index is 13.5. The summed E-state index contributed by atoms with van der Waals surface area (Å²) in [5, 5.41) is 4.51. The molecule has 0 spiro atoms. The van der Waals surface area contributed by atoms with Gasteiger partial charge in [0.1, 0.15) is 5.69 Å². The highest BCUT2D eigenvalue weighted by Gasteiger charge is 2.29. The summed E-state index contributed by atoms with van der Waals surface area (Å²) in [6.07, 6.45) is 4.57. The summed E-state index contributed by atoms with van der Waals surface area (Å²) in [6, 6.07) is 19.1. The number of carbonyl (C=O) groups is 2. The maximum Gasteiger partial charge on any atom is 0.282 e. The summed E-state index contributed by atoms with van der Waals surface area (Å²) >= 11 is 0. The maximum absolute atomic E-state index is 13.5. The third kappa shape index (κ3) is 4.59. The average molecular weight is 470 g/mol. The fourth-order valence-electron chi connectivity index (χ4n) is 4.52. The van der Waals surface area contributed by atoms with Gasteiger partial charge in [0.15, 0.2) is 0 Å². The van der Waals surface area contributed by atoms with Crippen LogP contribution in [0, 0.1) is 0 Å². The van der Waals surface area contributed by atoms with Gasteiger partial charge in [-0.2, -0.15) is 9.78 Å². The van der Waals surface area contributed by atoms with Gasteiger partial charge in [0.05, 0.1) is 16.8 Å². The van der Waals surface area contributed by atoms with E-state index in [0.717, 1.165) is 5.56 Å². The molecular weight excluding hydrogens is 442 g/mol. The summed E-state index contributed by atoms with van der Waals surface area (Å²) in [5.41, 5.74) is 2.71. The van der Waals surface area contributed by atoms with Crippen LogP contribution >= 0.6 is 0 Å². The van der Waals surface area contributed by atoms with E-state index in [1.165, 1.54) is 4.68 Å². The molecule has 0 unspecified atom stereocenters. The molecule has 0 bridgehead atoms. The van der Waals surface area contributed by atoms with Crippen LogP contribution < -0.4 is 5.56 Å². The molecule has 0 atom stereocenters. The Morgan fingerprint density at radius 2 is 1.49 bits per heavy atom. The summed E-state index contributed by atoms with van der Waals surface area (Å²) in [4.78, 5) is 42.7. The quantitative estimate of drug-likeness (QED) is 0.450. The molecule has 2 aromatic carbocycles. The first-order valence-corrected chi connectivity index (χ1v) is 11.8. The Hall–Kier alpha value is -4.20. The topological polar surface area (TPSA) is 80.4 Å². The number of benzene rings is 2. The summed E-state index contributed by atoms with van der Waals surface area (Å²) < 4.78 is 3.06. The third-order valence-electron chi connectivity index (χ3n) is 6.42. The van der Waals surface area contributed by atoms with Crippen molar-refractivity contribution in [2.45, 2.75) is 12.8 Å². The van der Waals surface area contributed by atoms with Gasteiger partial charge in [-0.15, -0.1) is 0 Å². The van der Waals surface area contributed by atoms with Gasteiger partial charge in [0.2, 0.25) is 5.91 Å². The minimum Gasteiger partial charge on any atom is -0.356 e. The predicted octanol–water partition coefficient (Wildman–Crippen LogP) is 2.59. The van der Waals surface area contributed by atoms with E-state index in [4.69, 9.17) is 0 Å². The first-order chi connectivity index (χ1) is 17.0. The SMILES string of the molecule is Cn1cc(C(=O)N2CCN(C(=O)CCc3ccccc3)CC2)c2nn(-c3ccccc3)c(=O)c-2c1. The van der Waals surface area contributed by atoms with Crippen LogP contribution in [0.4, 0.5) is 0 Å². The molecule has 0 saturated carbocycles. The van der Waals surface area contributed by atoms with Crippen LogP contribution in [0.3, 0.4) is 0 Å². The molecule has 3 aliphatic rings. The molecule has 0 N–H and O–H groups in total. The lowest BCUT2D eigenvalue weighted by Gasteiger charge is -2.35. The Labute approximate surface area is 203 Å². The third-order valence-corrected chi connectivity index (χ3v) is 6.42. The summed E-state index contributed by atoms with van der Waals surface area (Å²) in [5.74, 6) is -0.0765. The van der Waals surface area contributed by atoms with Crippen LogP contribution in [0.25, 0.3) is 16.9 Å². The van der Waals surface area contributed by atoms with Gasteiger partial charge in [-0.3, -0.25) is 14.4 Å². The zero-order chi connectivity index (χ0) is 24.4. The van der Waals surface area contributed by atoms with E-state index in [1.807, 2.05) is 65.6 Å². The molecule has 3 aliphatic heterocycles. The highest BCUT2D eigenvalue weighted by Crippen LogP contribution is 2.24. The summed E-state index contributed by atoms with van der Waals surface area (Å²) in [6.45, 7) is 1.87. The van der Waals surface area contributed by atoms with Crippen molar-refractivity contribution in [3.63, 3.8) is 0 Å². The number of carbonyl (C=O) groups excluding carboxylic acids is 2. The van der Waals surface area contributed by atoms with Crippen LogP contribution in [-0.4, -0.2) is 62.1 Å². The number of piperazine rings is 1. The van der Waals surface area contributed by atoms with Gasteiger partial charge in [0.25, 0.3) is 11.5 Å².